The first kappa shape index (κ1) is 13.5. The zero-order valence-electron chi connectivity index (χ0n) is 10.6. The number of halogens is 1. The largest absolute Gasteiger partial charge is 0.435 e. The lowest BCUT2D eigenvalue weighted by molar-refractivity contribution is 0.430. The van der Waals surface area contributed by atoms with Crippen molar-refractivity contribution in [2.75, 3.05) is 24.8 Å². The van der Waals surface area contributed by atoms with E-state index in [0.29, 0.717) is 16.8 Å². The number of aromatic nitrogens is 2. The first-order valence-electron chi connectivity index (χ1n) is 5.49. The third-order valence-corrected chi connectivity index (χ3v) is 3.74. The van der Waals surface area contributed by atoms with Crippen molar-refractivity contribution in [1.29, 1.82) is 0 Å². The van der Waals surface area contributed by atoms with Crippen LogP contribution in [-0.4, -0.2) is 23.3 Å². The molecule has 1 aromatic carbocycles. The van der Waals surface area contributed by atoms with Crippen LogP contribution >= 0.6 is 7.92 Å². The van der Waals surface area contributed by atoms with Gasteiger partial charge in [0.15, 0.2) is 11.6 Å². The maximum Gasteiger partial charge on any atom is 0.232 e. The predicted octanol–water partition coefficient (Wildman–Crippen LogP) is 1.94. The molecule has 1 aromatic heterocycles. The Balaban J connectivity index is 2.41. The molecule has 0 unspecified atom stereocenters. The summed E-state index contributed by atoms with van der Waals surface area (Å²) >= 11 is 0. The quantitative estimate of drug-likeness (QED) is 0.662. The van der Waals surface area contributed by atoms with Crippen molar-refractivity contribution in [2.45, 2.75) is 0 Å². The number of nitrogen functional groups attached to an aromatic ring is 2. The molecule has 0 atom stereocenters. The lowest BCUT2D eigenvalue weighted by Crippen LogP contribution is -2.14. The van der Waals surface area contributed by atoms with Crippen LogP contribution in [0, 0.1) is 5.82 Å². The Hall–Kier alpha value is -1.94. The third kappa shape index (κ3) is 2.90. The number of hydrogen-bond donors (Lipinski definition) is 2. The van der Waals surface area contributed by atoms with Crippen LogP contribution in [0.25, 0.3) is 0 Å². The van der Waals surface area contributed by atoms with E-state index < -0.39 is 13.7 Å². The standard InChI is InChI=1S/C12H14FN4OP/c1-19(2)10-11(15)16-6-17-12(10)18-9-4-3-7(14)5-8(9)13/h3-6H,14H2,1-2H3,(H2,15,16,17). The third-order valence-electron chi connectivity index (χ3n) is 2.43. The molecule has 1 heterocycles. The second-order valence-corrected chi connectivity index (χ2v) is 6.34. The number of hydrogen-bond acceptors (Lipinski definition) is 5. The van der Waals surface area contributed by atoms with E-state index >= 15 is 0 Å². The molecule has 4 N–H and O–H groups in total. The molecule has 19 heavy (non-hydrogen) atoms. The van der Waals surface area contributed by atoms with Gasteiger partial charge < -0.3 is 16.2 Å². The van der Waals surface area contributed by atoms with Crippen molar-refractivity contribution < 1.29 is 9.13 Å². The van der Waals surface area contributed by atoms with Gasteiger partial charge in [-0.1, -0.05) is 7.92 Å². The van der Waals surface area contributed by atoms with Crippen LogP contribution in [0.15, 0.2) is 24.5 Å². The molecule has 0 saturated carbocycles. The van der Waals surface area contributed by atoms with Crippen LogP contribution in [0.3, 0.4) is 0 Å². The molecule has 0 aliphatic heterocycles. The molecule has 2 aromatic rings. The van der Waals surface area contributed by atoms with Crippen molar-refractivity contribution in [3.8, 4) is 11.6 Å². The molecule has 0 bridgehead atoms. The molecule has 5 nitrogen and oxygen atoms in total. The second kappa shape index (κ2) is 5.36. The fourth-order valence-electron chi connectivity index (χ4n) is 1.57. The van der Waals surface area contributed by atoms with E-state index in [2.05, 4.69) is 9.97 Å². The van der Waals surface area contributed by atoms with E-state index in [0.717, 1.165) is 0 Å². The number of anilines is 2. The first-order chi connectivity index (χ1) is 8.99. The molecule has 0 fully saturated rings. The van der Waals surface area contributed by atoms with E-state index in [1.54, 1.807) is 6.07 Å². The van der Waals surface area contributed by atoms with E-state index in [4.69, 9.17) is 16.2 Å². The Morgan fingerprint density at radius 3 is 2.58 bits per heavy atom. The van der Waals surface area contributed by atoms with Crippen LogP contribution < -0.4 is 21.5 Å². The highest BCUT2D eigenvalue weighted by Gasteiger charge is 2.16. The topological polar surface area (TPSA) is 87.0 Å². The van der Waals surface area contributed by atoms with Gasteiger partial charge in [0.25, 0.3) is 0 Å². The minimum absolute atomic E-state index is 0.0606. The van der Waals surface area contributed by atoms with Crippen molar-refractivity contribution in [3.05, 3.63) is 30.3 Å². The van der Waals surface area contributed by atoms with Gasteiger partial charge in [-0.2, -0.15) is 0 Å². The van der Waals surface area contributed by atoms with Crippen molar-refractivity contribution in [2.24, 2.45) is 0 Å². The highest BCUT2D eigenvalue weighted by molar-refractivity contribution is 7.64. The lowest BCUT2D eigenvalue weighted by atomic mass is 10.3. The highest BCUT2D eigenvalue weighted by atomic mass is 31.1. The normalized spacial score (nSPS) is 10.7. The number of nitrogens with two attached hydrogens (primary N) is 2. The summed E-state index contributed by atoms with van der Waals surface area (Å²) in [5.74, 6) is 0.161. The maximum absolute atomic E-state index is 13.7. The lowest BCUT2D eigenvalue weighted by Gasteiger charge is -2.14. The Morgan fingerprint density at radius 1 is 1.21 bits per heavy atom. The van der Waals surface area contributed by atoms with Crippen LogP contribution in [0.2, 0.25) is 0 Å². The highest BCUT2D eigenvalue weighted by Crippen LogP contribution is 2.33. The van der Waals surface area contributed by atoms with Crippen LogP contribution in [0.5, 0.6) is 11.6 Å². The zero-order valence-corrected chi connectivity index (χ0v) is 11.5. The van der Waals surface area contributed by atoms with Crippen LogP contribution in [0.4, 0.5) is 15.9 Å². The van der Waals surface area contributed by atoms with Gasteiger partial charge in [-0.15, -0.1) is 0 Å². The molecule has 0 aliphatic carbocycles. The van der Waals surface area contributed by atoms with E-state index in [1.165, 1.54) is 18.5 Å². The summed E-state index contributed by atoms with van der Waals surface area (Å²) in [6, 6.07) is 4.21. The maximum atomic E-state index is 13.7. The smallest absolute Gasteiger partial charge is 0.232 e. The number of nitrogens with zero attached hydrogens (tertiary/aromatic N) is 2. The van der Waals surface area contributed by atoms with E-state index in [9.17, 15) is 4.39 Å². The zero-order chi connectivity index (χ0) is 14.0. The Labute approximate surface area is 111 Å². The second-order valence-electron chi connectivity index (χ2n) is 4.10. The fraction of sp³-hybridized carbons (Fsp3) is 0.167. The van der Waals surface area contributed by atoms with Crippen LogP contribution in [0.1, 0.15) is 0 Å². The van der Waals surface area contributed by atoms with E-state index in [-0.39, 0.29) is 11.6 Å². The summed E-state index contributed by atoms with van der Waals surface area (Å²) in [6.07, 6.45) is 1.29. The van der Waals surface area contributed by atoms with Crippen molar-refractivity contribution in [3.63, 3.8) is 0 Å². The molecule has 0 radical (unpaired) electrons. The minimum Gasteiger partial charge on any atom is -0.435 e. The Morgan fingerprint density at radius 2 is 1.95 bits per heavy atom. The van der Waals surface area contributed by atoms with Crippen LogP contribution in [-0.2, 0) is 0 Å². The molecule has 0 aliphatic rings. The number of rotatable bonds is 3. The summed E-state index contributed by atoms with van der Waals surface area (Å²) < 4.78 is 19.2. The molecule has 100 valence electrons. The van der Waals surface area contributed by atoms with Gasteiger partial charge in [-0.25, -0.2) is 14.4 Å². The number of ether oxygens (including phenoxy) is 1. The molecule has 2 rings (SSSR count). The summed E-state index contributed by atoms with van der Waals surface area (Å²) in [5, 5.41) is 0.716. The molecule has 7 heteroatoms. The van der Waals surface area contributed by atoms with Gasteiger partial charge in [0, 0.05) is 11.8 Å². The average Bonchev–Trinajstić information content (AvgIpc) is 2.32. The molecular formula is C12H14FN4OP. The van der Waals surface area contributed by atoms with Gasteiger partial charge in [-0.3, -0.25) is 0 Å². The summed E-state index contributed by atoms with van der Waals surface area (Å²) in [5.41, 5.74) is 11.6. The van der Waals surface area contributed by atoms with Gasteiger partial charge >= 0.3 is 0 Å². The van der Waals surface area contributed by atoms with E-state index in [1.807, 2.05) is 13.3 Å². The molecular weight excluding hydrogens is 266 g/mol. The SMILES string of the molecule is CP(C)c1c(N)ncnc1Oc1ccc(N)cc1F. The van der Waals surface area contributed by atoms with Gasteiger partial charge in [-0.05, 0) is 25.5 Å². The Bertz CT molecular complexity index is 606. The number of benzene rings is 1. The van der Waals surface area contributed by atoms with Crippen molar-refractivity contribution in [1.82, 2.24) is 9.97 Å². The van der Waals surface area contributed by atoms with Gasteiger partial charge in [0.05, 0.1) is 5.30 Å². The summed E-state index contributed by atoms with van der Waals surface area (Å²) in [6.45, 7) is 3.99. The van der Waals surface area contributed by atoms with Crippen molar-refractivity contribution >= 4 is 24.7 Å². The summed E-state index contributed by atoms with van der Waals surface area (Å²) in [7, 11) is -0.571. The van der Waals surface area contributed by atoms with Gasteiger partial charge in [0.1, 0.15) is 12.1 Å². The molecule has 0 spiro atoms. The predicted molar refractivity (Wildman–Crippen MR) is 75.7 cm³/mol. The first-order valence-corrected chi connectivity index (χ1v) is 7.73. The molecule has 0 amide bonds. The average molecular weight is 280 g/mol. The monoisotopic (exact) mass is 280 g/mol. The fourth-order valence-corrected chi connectivity index (χ4v) is 2.58. The minimum atomic E-state index is -0.571. The van der Waals surface area contributed by atoms with Gasteiger partial charge in [0.2, 0.25) is 5.88 Å². The summed E-state index contributed by atoms with van der Waals surface area (Å²) in [4.78, 5) is 7.95. The molecule has 0 saturated heterocycles. The Kier molecular flexibility index (Phi) is 3.81.